The minimum Gasteiger partial charge on any atom is -0.497 e. The molecule has 11 heteroatoms. The summed E-state index contributed by atoms with van der Waals surface area (Å²) in [6.07, 6.45) is -0.189. The number of imidazole rings is 1. The number of nitrogens with two attached hydrogens (primary N) is 1. The van der Waals surface area contributed by atoms with Gasteiger partial charge in [0.25, 0.3) is 5.91 Å². The number of aliphatic hydroxyl groups is 2. The maximum atomic E-state index is 12.8. The summed E-state index contributed by atoms with van der Waals surface area (Å²) in [6.45, 7) is -0.424. The van der Waals surface area contributed by atoms with Gasteiger partial charge in [-0.05, 0) is 18.2 Å². The van der Waals surface area contributed by atoms with E-state index in [0.717, 1.165) is 0 Å². The van der Waals surface area contributed by atoms with Gasteiger partial charge < -0.3 is 30.7 Å². The van der Waals surface area contributed by atoms with E-state index < -0.39 is 37.0 Å². The maximum absolute atomic E-state index is 12.8. The number of anilines is 1. The molecule has 4 atom stereocenters. The largest absolute Gasteiger partial charge is 0.497 e. The second-order valence-corrected chi connectivity index (χ2v) is 6.55. The van der Waals surface area contributed by atoms with Gasteiger partial charge in [-0.25, -0.2) is 15.0 Å². The van der Waals surface area contributed by atoms with Crippen LogP contribution in [0.2, 0.25) is 0 Å². The Morgan fingerprint density at radius 3 is 2.97 bits per heavy atom. The van der Waals surface area contributed by atoms with Crippen molar-refractivity contribution in [1.82, 2.24) is 24.8 Å². The van der Waals surface area contributed by atoms with E-state index in [1.807, 2.05) is 0 Å². The highest BCUT2D eigenvalue weighted by molar-refractivity contribution is 5.94. The molecular weight excluding hydrogens is 380 g/mol. The first-order valence-corrected chi connectivity index (χ1v) is 8.85. The Balaban J connectivity index is 1.67. The van der Waals surface area contributed by atoms with Crippen LogP contribution in [0.5, 0.6) is 5.75 Å². The Morgan fingerprint density at radius 1 is 1.38 bits per heavy atom. The zero-order chi connectivity index (χ0) is 20.5. The molecule has 1 aliphatic heterocycles. The van der Waals surface area contributed by atoms with Crippen molar-refractivity contribution in [3.8, 4) is 5.75 Å². The van der Waals surface area contributed by atoms with E-state index in [9.17, 15) is 15.0 Å². The Bertz CT molecular complexity index is 1040. The predicted octanol–water partition coefficient (Wildman–Crippen LogP) is -0.534. The van der Waals surface area contributed by atoms with E-state index in [1.165, 1.54) is 19.8 Å². The molecule has 1 aliphatic rings. The topological polar surface area (TPSA) is 158 Å². The molecule has 1 aromatic carbocycles. The van der Waals surface area contributed by atoms with Crippen molar-refractivity contribution in [2.24, 2.45) is 0 Å². The predicted molar refractivity (Wildman–Crippen MR) is 101 cm³/mol. The third-order valence-electron chi connectivity index (χ3n) is 4.84. The second-order valence-electron chi connectivity index (χ2n) is 6.55. The monoisotopic (exact) mass is 400 g/mol. The second kappa shape index (κ2) is 7.62. The number of rotatable bonds is 5. The first-order chi connectivity index (χ1) is 14.0. The lowest BCUT2D eigenvalue weighted by Crippen LogP contribution is -2.46. The minimum atomic E-state index is -1.16. The summed E-state index contributed by atoms with van der Waals surface area (Å²) in [5, 5.41) is 23.0. The van der Waals surface area contributed by atoms with E-state index >= 15 is 0 Å². The number of methoxy groups -OCH3 is 1. The van der Waals surface area contributed by atoms with Gasteiger partial charge in [0, 0.05) is 5.56 Å². The van der Waals surface area contributed by atoms with Crippen LogP contribution in [0.3, 0.4) is 0 Å². The highest BCUT2D eigenvalue weighted by Crippen LogP contribution is 2.32. The van der Waals surface area contributed by atoms with Crippen molar-refractivity contribution < 1.29 is 24.5 Å². The smallest absolute Gasteiger partial charge is 0.251 e. The number of nitrogen functional groups attached to an aromatic ring is 1. The van der Waals surface area contributed by atoms with Gasteiger partial charge in [-0.2, -0.15) is 0 Å². The molecule has 0 aliphatic carbocycles. The first kappa shape index (κ1) is 19.1. The lowest BCUT2D eigenvalue weighted by atomic mass is 10.1. The lowest BCUT2D eigenvalue weighted by molar-refractivity contribution is -0.0440. The third-order valence-corrected chi connectivity index (χ3v) is 4.84. The number of aromatic nitrogens is 4. The van der Waals surface area contributed by atoms with Crippen LogP contribution in [-0.2, 0) is 4.74 Å². The third kappa shape index (κ3) is 3.35. The summed E-state index contributed by atoms with van der Waals surface area (Å²) in [4.78, 5) is 25.0. The van der Waals surface area contributed by atoms with Crippen molar-refractivity contribution in [3.05, 3.63) is 42.5 Å². The summed E-state index contributed by atoms with van der Waals surface area (Å²) in [5.41, 5.74) is 6.94. The Hall–Kier alpha value is -3.28. The van der Waals surface area contributed by atoms with Gasteiger partial charge >= 0.3 is 0 Å². The van der Waals surface area contributed by atoms with E-state index in [0.29, 0.717) is 22.5 Å². The van der Waals surface area contributed by atoms with Gasteiger partial charge in [0.1, 0.15) is 35.8 Å². The Morgan fingerprint density at radius 2 is 2.21 bits per heavy atom. The van der Waals surface area contributed by atoms with Crippen molar-refractivity contribution in [3.63, 3.8) is 0 Å². The van der Waals surface area contributed by atoms with Crippen molar-refractivity contribution in [1.29, 1.82) is 0 Å². The molecular formula is C18H20N6O5. The van der Waals surface area contributed by atoms with Gasteiger partial charge in [0.2, 0.25) is 0 Å². The molecule has 3 aromatic rings. The lowest BCUT2D eigenvalue weighted by Gasteiger charge is -2.23. The average molecular weight is 400 g/mol. The van der Waals surface area contributed by atoms with Crippen LogP contribution in [0.1, 0.15) is 16.6 Å². The van der Waals surface area contributed by atoms with Gasteiger partial charge in [-0.3, -0.25) is 9.36 Å². The number of fused-ring (bicyclic) bond motifs is 1. The summed E-state index contributed by atoms with van der Waals surface area (Å²) in [5.74, 6) is 0.292. The molecule has 0 saturated carbocycles. The molecule has 1 fully saturated rings. The normalized spacial score (nSPS) is 24.0. The average Bonchev–Trinajstić information content (AvgIpc) is 3.30. The molecule has 0 radical (unpaired) electrons. The number of carbonyl (C=O) groups excluding carboxylic acids is 1. The Labute approximate surface area is 165 Å². The molecule has 29 heavy (non-hydrogen) atoms. The highest BCUT2D eigenvalue weighted by Gasteiger charge is 2.45. The fourth-order valence-corrected chi connectivity index (χ4v) is 3.35. The number of ether oxygens (including phenoxy) is 2. The van der Waals surface area contributed by atoms with E-state index in [1.54, 1.807) is 28.8 Å². The number of hydrogen-bond donors (Lipinski definition) is 4. The molecule has 1 unspecified atom stereocenters. The van der Waals surface area contributed by atoms with E-state index in [4.69, 9.17) is 15.2 Å². The fraction of sp³-hybridized carbons (Fsp3) is 0.333. The number of aliphatic hydroxyl groups excluding tert-OH is 2. The number of benzene rings is 1. The zero-order valence-electron chi connectivity index (χ0n) is 15.5. The fourth-order valence-electron chi connectivity index (χ4n) is 3.35. The molecule has 0 bridgehead atoms. The van der Waals surface area contributed by atoms with Gasteiger partial charge in [0.15, 0.2) is 17.7 Å². The highest BCUT2D eigenvalue weighted by atomic mass is 16.5. The molecule has 1 amide bonds. The molecule has 11 nitrogen and oxygen atoms in total. The molecule has 3 heterocycles. The molecule has 2 aromatic heterocycles. The number of carbonyl (C=O) groups is 1. The number of nitrogens with zero attached hydrogens (tertiary/aromatic N) is 4. The van der Waals surface area contributed by atoms with Crippen LogP contribution in [-0.4, -0.2) is 67.6 Å². The summed E-state index contributed by atoms with van der Waals surface area (Å²) in [7, 11) is 1.51. The molecule has 152 valence electrons. The van der Waals surface area contributed by atoms with E-state index in [-0.39, 0.29) is 5.82 Å². The summed E-state index contributed by atoms with van der Waals surface area (Å²) < 4.78 is 12.5. The SMILES string of the molecule is COc1cccc(C(=O)NC2[C@@H](O)[C@@H](CO)O[C@H]2n2cnc3c(N)ncnc32)c1. The van der Waals surface area contributed by atoms with Gasteiger partial charge in [0.05, 0.1) is 20.0 Å². The molecule has 4 rings (SSSR count). The number of nitrogens with one attached hydrogen (secondary N) is 1. The molecule has 5 N–H and O–H groups in total. The van der Waals surface area contributed by atoms with Crippen LogP contribution in [0.15, 0.2) is 36.9 Å². The summed E-state index contributed by atoms with van der Waals surface area (Å²) in [6, 6.07) is 5.73. The first-order valence-electron chi connectivity index (χ1n) is 8.85. The molecule has 1 saturated heterocycles. The van der Waals surface area contributed by atoms with E-state index in [2.05, 4.69) is 20.3 Å². The van der Waals surface area contributed by atoms with Crippen molar-refractivity contribution >= 4 is 22.9 Å². The van der Waals surface area contributed by atoms with Gasteiger partial charge in [-0.1, -0.05) is 6.07 Å². The minimum absolute atomic E-state index is 0.197. The van der Waals surface area contributed by atoms with Crippen molar-refractivity contribution in [2.75, 3.05) is 19.5 Å². The van der Waals surface area contributed by atoms with Crippen LogP contribution >= 0.6 is 0 Å². The maximum Gasteiger partial charge on any atom is 0.251 e. The van der Waals surface area contributed by atoms with Crippen LogP contribution < -0.4 is 15.8 Å². The van der Waals surface area contributed by atoms with Crippen LogP contribution in [0.4, 0.5) is 5.82 Å². The number of hydrogen-bond acceptors (Lipinski definition) is 9. The van der Waals surface area contributed by atoms with Gasteiger partial charge in [-0.15, -0.1) is 0 Å². The van der Waals surface area contributed by atoms with Crippen molar-refractivity contribution in [2.45, 2.75) is 24.5 Å². The Kier molecular flexibility index (Phi) is 5.01. The zero-order valence-corrected chi connectivity index (χ0v) is 15.5. The standard InChI is InChI=1S/C18H20N6O5/c1-28-10-4-2-3-9(5-10)17(27)23-12-14(26)11(6-25)29-18(12)24-8-22-13-15(19)20-7-21-16(13)24/h2-5,7-8,11-12,14,18,25-26H,6H2,1H3,(H,23,27)(H2,19,20,21)/t11-,12?,14+,18-/m1/s1. The molecule has 0 spiro atoms. The number of amides is 1. The quantitative estimate of drug-likeness (QED) is 0.442. The summed E-state index contributed by atoms with van der Waals surface area (Å²) >= 11 is 0. The van der Waals surface area contributed by atoms with Crippen LogP contribution in [0.25, 0.3) is 11.2 Å². The van der Waals surface area contributed by atoms with Crippen LogP contribution in [0, 0.1) is 0 Å².